The van der Waals surface area contributed by atoms with Crippen LogP contribution in [0.15, 0.2) is 34.8 Å². The summed E-state index contributed by atoms with van der Waals surface area (Å²) in [6, 6.07) is 5.63. The topological polar surface area (TPSA) is 26.3 Å². The van der Waals surface area contributed by atoms with Gasteiger partial charge >= 0.3 is 12.1 Å². The number of alkyl halides is 3. The lowest BCUT2D eigenvalue weighted by Gasteiger charge is -2.12. The first-order valence-electron chi connectivity index (χ1n) is 5.06. The quantitative estimate of drug-likeness (QED) is 0.622. The van der Waals surface area contributed by atoms with Gasteiger partial charge in [-0.15, -0.1) is 0 Å². The maximum absolute atomic E-state index is 12.8. The predicted octanol–water partition coefficient (Wildman–Crippen LogP) is 3.96. The van der Waals surface area contributed by atoms with Gasteiger partial charge in [0.05, 0.1) is 12.2 Å². The van der Waals surface area contributed by atoms with Gasteiger partial charge in [0.1, 0.15) is 0 Å². The number of hydrogen-bond donors (Lipinski definition) is 0. The van der Waals surface area contributed by atoms with E-state index in [0.29, 0.717) is 10.5 Å². The van der Waals surface area contributed by atoms with Gasteiger partial charge in [0.25, 0.3) is 0 Å². The lowest BCUT2D eigenvalue weighted by Crippen LogP contribution is -2.13. The highest BCUT2D eigenvalue weighted by atomic mass is 79.9. The van der Waals surface area contributed by atoms with E-state index in [-0.39, 0.29) is 12.2 Å². The highest BCUT2D eigenvalue weighted by molar-refractivity contribution is 9.10. The van der Waals surface area contributed by atoms with Crippen molar-refractivity contribution in [2.75, 3.05) is 6.61 Å². The van der Waals surface area contributed by atoms with Crippen LogP contribution in [0.25, 0.3) is 5.57 Å². The molecule has 0 atom stereocenters. The highest BCUT2D eigenvalue weighted by Gasteiger charge is 2.35. The number of esters is 1. The molecule has 6 heteroatoms. The summed E-state index contributed by atoms with van der Waals surface area (Å²) in [7, 11) is 0. The molecule has 0 spiro atoms. The summed E-state index contributed by atoms with van der Waals surface area (Å²) in [6.45, 7) is 1.55. The fourth-order valence-corrected chi connectivity index (χ4v) is 1.69. The first-order chi connectivity index (χ1) is 8.34. The molecule has 0 aliphatic rings. The predicted molar refractivity (Wildman–Crippen MR) is 64.8 cm³/mol. The van der Waals surface area contributed by atoms with Crippen LogP contribution in [0.5, 0.6) is 0 Å². The summed E-state index contributed by atoms with van der Waals surface area (Å²) in [5.74, 6) is -1.01. The van der Waals surface area contributed by atoms with Gasteiger partial charge in [-0.3, -0.25) is 0 Å². The minimum absolute atomic E-state index is 0.0267. The van der Waals surface area contributed by atoms with Crippen LogP contribution >= 0.6 is 15.9 Å². The maximum atomic E-state index is 12.8. The number of benzene rings is 1. The SMILES string of the molecule is CCOC(=O)C=C(c1cccc(Br)c1)C(F)(F)F. The first kappa shape index (κ1) is 14.8. The summed E-state index contributed by atoms with van der Waals surface area (Å²) in [5.41, 5.74) is -1.12. The Bertz CT molecular complexity index is 467. The minimum atomic E-state index is -4.62. The Morgan fingerprint density at radius 1 is 1.44 bits per heavy atom. The molecule has 0 aromatic heterocycles. The third-order valence-electron chi connectivity index (χ3n) is 1.99. The van der Waals surface area contributed by atoms with E-state index >= 15 is 0 Å². The molecule has 0 bridgehead atoms. The Hall–Kier alpha value is -1.30. The summed E-state index contributed by atoms with van der Waals surface area (Å²) in [5, 5.41) is 0. The molecule has 0 heterocycles. The third kappa shape index (κ3) is 4.18. The van der Waals surface area contributed by atoms with Crippen LogP contribution in [0.1, 0.15) is 12.5 Å². The second-order valence-electron chi connectivity index (χ2n) is 3.32. The van der Waals surface area contributed by atoms with Crippen molar-refractivity contribution < 1.29 is 22.7 Å². The molecule has 1 aromatic rings. The standard InChI is InChI=1S/C12H10BrF3O2/c1-2-18-11(17)7-10(12(14,15)16)8-4-3-5-9(13)6-8/h3-7H,2H2,1H3. The summed E-state index contributed by atoms with van der Waals surface area (Å²) < 4.78 is 43.5. The average molecular weight is 323 g/mol. The highest BCUT2D eigenvalue weighted by Crippen LogP contribution is 2.34. The van der Waals surface area contributed by atoms with E-state index in [1.807, 2.05) is 0 Å². The molecule has 0 radical (unpaired) electrons. The largest absolute Gasteiger partial charge is 0.463 e. The van der Waals surface area contributed by atoms with Crippen molar-refractivity contribution in [2.45, 2.75) is 13.1 Å². The monoisotopic (exact) mass is 322 g/mol. The van der Waals surface area contributed by atoms with E-state index in [1.54, 1.807) is 6.07 Å². The second kappa shape index (κ2) is 6.04. The Balaban J connectivity index is 3.19. The van der Waals surface area contributed by atoms with Gasteiger partial charge in [-0.2, -0.15) is 13.2 Å². The average Bonchev–Trinajstić information content (AvgIpc) is 2.24. The van der Waals surface area contributed by atoms with Crippen molar-refractivity contribution in [3.8, 4) is 0 Å². The molecule has 0 fully saturated rings. The molecule has 2 nitrogen and oxygen atoms in total. The van der Waals surface area contributed by atoms with Crippen LogP contribution in [0.4, 0.5) is 13.2 Å². The second-order valence-corrected chi connectivity index (χ2v) is 4.23. The molecule has 0 aliphatic carbocycles. The molecule has 1 aromatic carbocycles. The van der Waals surface area contributed by atoms with Crippen molar-refractivity contribution in [1.82, 2.24) is 0 Å². The molecule has 0 aliphatic heterocycles. The zero-order valence-corrected chi connectivity index (χ0v) is 11.0. The molecule has 0 saturated heterocycles. The number of hydrogen-bond acceptors (Lipinski definition) is 2. The number of carbonyl (C=O) groups is 1. The molecular formula is C12H10BrF3O2. The molecular weight excluding hydrogens is 313 g/mol. The van der Waals surface area contributed by atoms with E-state index in [0.717, 1.165) is 0 Å². The fraction of sp³-hybridized carbons (Fsp3) is 0.250. The van der Waals surface area contributed by atoms with Crippen LogP contribution < -0.4 is 0 Å². The van der Waals surface area contributed by atoms with E-state index in [4.69, 9.17) is 0 Å². The first-order valence-corrected chi connectivity index (χ1v) is 5.85. The van der Waals surface area contributed by atoms with Gasteiger partial charge in [0, 0.05) is 10.5 Å². The van der Waals surface area contributed by atoms with Gasteiger partial charge in [0.2, 0.25) is 0 Å². The number of allylic oxidation sites excluding steroid dienone is 1. The minimum Gasteiger partial charge on any atom is -0.463 e. The van der Waals surface area contributed by atoms with Crippen molar-refractivity contribution in [2.24, 2.45) is 0 Å². The van der Waals surface area contributed by atoms with Crippen molar-refractivity contribution in [3.05, 3.63) is 40.4 Å². The lowest BCUT2D eigenvalue weighted by molar-refractivity contribution is -0.137. The summed E-state index contributed by atoms with van der Waals surface area (Å²) >= 11 is 3.08. The van der Waals surface area contributed by atoms with Gasteiger partial charge < -0.3 is 4.74 Å². The van der Waals surface area contributed by atoms with Gasteiger partial charge in [-0.05, 0) is 24.6 Å². The Morgan fingerprint density at radius 2 is 2.11 bits per heavy atom. The Morgan fingerprint density at radius 3 is 2.61 bits per heavy atom. The zero-order chi connectivity index (χ0) is 13.8. The van der Waals surface area contributed by atoms with E-state index < -0.39 is 17.7 Å². The number of halogens is 4. The van der Waals surface area contributed by atoms with Gasteiger partial charge in [-0.25, -0.2) is 4.79 Å². The smallest absolute Gasteiger partial charge is 0.417 e. The molecule has 0 saturated carbocycles. The zero-order valence-electron chi connectivity index (χ0n) is 9.42. The van der Waals surface area contributed by atoms with E-state index in [1.165, 1.54) is 25.1 Å². The summed E-state index contributed by atoms with van der Waals surface area (Å²) in [6.07, 6.45) is -4.15. The Kier molecular flexibility index (Phi) is 4.95. The summed E-state index contributed by atoms with van der Waals surface area (Å²) in [4.78, 5) is 11.1. The van der Waals surface area contributed by atoms with E-state index in [9.17, 15) is 18.0 Å². The fourth-order valence-electron chi connectivity index (χ4n) is 1.29. The molecule has 18 heavy (non-hydrogen) atoms. The van der Waals surface area contributed by atoms with Crippen molar-refractivity contribution >= 4 is 27.5 Å². The molecule has 0 amide bonds. The molecule has 1 rings (SSSR count). The van der Waals surface area contributed by atoms with Crippen molar-refractivity contribution in [1.29, 1.82) is 0 Å². The van der Waals surface area contributed by atoms with Crippen LogP contribution in [0.3, 0.4) is 0 Å². The maximum Gasteiger partial charge on any atom is 0.417 e. The normalized spacial score (nSPS) is 12.4. The number of ether oxygens (including phenoxy) is 1. The van der Waals surface area contributed by atoms with Crippen LogP contribution in [-0.2, 0) is 9.53 Å². The van der Waals surface area contributed by atoms with Crippen LogP contribution in [0.2, 0.25) is 0 Å². The van der Waals surface area contributed by atoms with Crippen molar-refractivity contribution in [3.63, 3.8) is 0 Å². The van der Waals surface area contributed by atoms with Gasteiger partial charge in [0.15, 0.2) is 0 Å². The number of rotatable bonds is 3. The van der Waals surface area contributed by atoms with E-state index in [2.05, 4.69) is 20.7 Å². The lowest BCUT2D eigenvalue weighted by atomic mass is 10.1. The van der Waals surface area contributed by atoms with Crippen LogP contribution in [-0.4, -0.2) is 18.8 Å². The Labute approximate surface area is 111 Å². The number of carbonyl (C=O) groups excluding carboxylic acids is 1. The van der Waals surface area contributed by atoms with Crippen LogP contribution in [0, 0.1) is 0 Å². The third-order valence-corrected chi connectivity index (χ3v) is 2.48. The molecule has 0 N–H and O–H groups in total. The van der Waals surface area contributed by atoms with Gasteiger partial charge in [-0.1, -0.05) is 28.1 Å². The molecule has 0 unspecified atom stereocenters. The molecule has 98 valence electrons.